The first-order valence-electron chi connectivity index (χ1n) is 6.74. The minimum Gasteiger partial charge on any atom is -0.350 e. The Hall–Kier alpha value is -1.33. The quantitative estimate of drug-likeness (QED) is 0.880. The van der Waals surface area contributed by atoms with Crippen LogP contribution in [0.5, 0.6) is 0 Å². The van der Waals surface area contributed by atoms with Crippen molar-refractivity contribution in [1.29, 1.82) is 0 Å². The van der Waals surface area contributed by atoms with Crippen LogP contribution < -0.4 is 16.6 Å². The van der Waals surface area contributed by atoms with E-state index in [1.54, 1.807) is 19.3 Å². The normalized spacial score (nSPS) is 17.1. The van der Waals surface area contributed by atoms with Gasteiger partial charge in [-0.2, -0.15) is 0 Å². The Kier molecular flexibility index (Phi) is 5.77. The van der Waals surface area contributed by atoms with Crippen molar-refractivity contribution in [2.24, 2.45) is 12.8 Å². The lowest BCUT2D eigenvalue weighted by molar-refractivity contribution is 0.0937. The van der Waals surface area contributed by atoms with Gasteiger partial charge in [-0.3, -0.25) is 9.59 Å². The maximum atomic E-state index is 12.0. The van der Waals surface area contributed by atoms with Gasteiger partial charge in [0.2, 0.25) is 0 Å². The van der Waals surface area contributed by atoms with Crippen LogP contribution >= 0.6 is 12.4 Å². The third kappa shape index (κ3) is 4.08. The second-order valence-electron chi connectivity index (χ2n) is 5.47. The molecule has 1 aromatic heterocycles. The van der Waals surface area contributed by atoms with E-state index in [2.05, 4.69) is 5.32 Å². The number of nitrogens with two attached hydrogens (primary N) is 1. The number of hydrogen-bond donors (Lipinski definition) is 2. The predicted molar refractivity (Wildman–Crippen MR) is 81.3 cm³/mol. The molecule has 0 saturated heterocycles. The molecule has 1 aliphatic carbocycles. The van der Waals surface area contributed by atoms with Crippen molar-refractivity contribution in [3.8, 4) is 0 Å². The topological polar surface area (TPSA) is 77.1 Å². The summed E-state index contributed by atoms with van der Waals surface area (Å²) >= 11 is 0. The number of carbonyl (C=O) groups excluding carboxylic acids is 1. The third-order valence-electron chi connectivity index (χ3n) is 3.82. The summed E-state index contributed by atoms with van der Waals surface area (Å²) in [5, 5.41) is 2.84. The molecule has 1 amide bonds. The number of hydrogen-bond acceptors (Lipinski definition) is 3. The smallest absolute Gasteiger partial charge is 0.251 e. The fourth-order valence-corrected chi connectivity index (χ4v) is 2.48. The Balaban J connectivity index is 0.00000200. The van der Waals surface area contributed by atoms with E-state index in [9.17, 15) is 9.59 Å². The van der Waals surface area contributed by atoms with Gasteiger partial charge < -0.3 is 15.6 Å². The summed E-state index contributed by atoms with van der Waals surface area (Å²) in [5.41, 5.74) is 6.18. The molecular formula is C14H22ClN3O2. The minimum absolute atomic E-state index is 0. The van der Waals surface area contributed by atoms with Crippen molar-refractivity contribution < 1.29 is 4.79 Å². The second kappa shape index (κ2) is 6.90. The van der Waals surface area contributed by atoms with Crippen LogP contribution in [0.25, 0.3) is 0 Å². The molecule has 0 aliphatic heterocycles. The summed E-state index contributed by atoms with van der Waals surface area (Å²) in [6, 6.07) is 2.99. The van der Waals surface area contributed by atoms with Gasteiger partial charge in [0.25, 0.3) is 11.5 Å². The van der Waals surface area contributed by atoms with Crippen LogP contribution in [0.1, 0.15) is 42.5 Å². The highest BCUT2D eigenvalue weighted by atomic mass is 35.5. The summed E-state index contributed by atoms with van der Waals surface area (Å²) < 4.78 is 1.43. The summed E-state index contributed by atoms with van der Waals surface area (Å²) in [5.74, 6) is -0.229. The van der Waals surface area contributed by atoms with Crippen LogP contribution in [0.2, 0.25) is 0 Å². The summed E-state index contributed by atoms with van der Waals surface area (Å²) in [4.78, 5) is 23.4. The Morgan fingerprint density at radius 3 is 2.65 bits per heavy atom. The van der Waals surface area contributed by atoms with Gasteiger partial charge in [0.1, 0.15) is 0 Å². The highest BCUT2D eigenvalue weighted by Crippen LogP contribution is 2.25. The van der Waals surface area contributed by atoms with E-state index in [4.69, 9.17) is 5.73 Å². The summed E-state index contributed by atoms with van der Waals surface area (Å²) in [7, 11) is 1.65. The lowest BCUT2D eigenvalue weighted by Gasteiger charge is -2.33. The summed E-state index contributed by atoms with van der Waals surface area (Å²) in [6.07, 6.45) is 6.96. The van der Waals surface area contributed by atoms with E-state index in [1.165, 1.54) is 17.1 Å². The summed E-state index contributed by atoms with van der Waals surface area (Å²) in [6.45, 7) is 0.473. The van der Waals surface area contributed by atoms with Gasteiger partial charge in [0.05, 0.1) is 0 Å². The average molecular weight is 300 g/mol. The monoisotopic (exact) mass is 299 g/mol. The van der Waals surface area contributed by atoms with Crippen molar-refractivity contribution in [2.45, 2.75) is 37.6 Å². The van der Waals surface area contributed by atoms with E-state index in [0.717, 1.165) is 25.7 Å². The van der Waals surface area contributed by atoms with Crippen LogP contribution in [0, 0.1) is 0 Å². The molecule has 1 aliphatic rings. The van der Waals surface area contributed by atoms with Crippen molar-refractivity contribution in [1.82, 2.24) is 9.88 Å². The van der Waals surface area contributed by atoms with Crippen molar-refractivity contribution >= 4 is 18.3 Å². The molecule has 0 atom stereocenters. The largest absolute Gasteiger partial charge is 0.350 e. The molecular weight excluding hydrogens is 278 g/mol. The number of nitrogens with one attached hydrogen (secondary N) is 1. The Bertz CT molecular complexity index is 521. The van der Waals surface area contributed by atoms with Gasteiger partial charge in [-0.25, -0.2) is 0 Å². The molecule has 1 saturated carbocycles. The number of aromatic nitrogens is 1. The molecule has 1 fully saturated rings. The maximum absolute atomic E-state index is 12.0. The van der Waals surface area contributed by atoms with Crippen molar-refractivity contribution in [3.63, 3.8) is 0 Å². The number of aryl methyl sites for hydroxylation is 1. The first kappa shape index (κ1) is 16.7. The van der Waals surface area contributed by atoms with Gasteiger partial charge >= 0.3 is 0 Å². The minimum atomic E-state index is -0.284. The predicted octanol–water partition coefficient (Wildman–Crippen LogP) is 1.20. The van der Waals surface area contributed by atoms with E-state index >= 15 is 0 Å². The number of pyridine rings is 1. The first-order chi connectivity index (χ1) is 9.00. The Labute approximate surface area is 125 Å². The second-order valence-corrected chi connectivity index (χ2v) is 5.47. The maximum Gasteiger partial charge on any atom is 0.251 e. The molecule has 112 valence electrons. The number of nitrogens with zero attached hydrogens (tertiary/aromatic N) is 1. The molecule has 0 unspecified atom stereocenters. The van der Waals surface area contributed by atoms with Crippen LogP contribution in [0.3, 0.4) is 0 Å². The molecule has 0 radical (unpaired) electrons. The lowest BCUT2D eigenvalue weighted by Crippen LogP contribution is -2.51. The van der Waals surface area contributed by atoms with Crippen molar-refractivity contribution in [3.05, 3.63) is 34.2 Å². The molecule has 5 nitrogen and oxygen atoms in total. The zero-order valence-electron chi connectivity index (χ0n) is 11.7. The molecule has 1 aromatic rings. The van der Waals surface area contributed by atoms with Crippen LogP contribution in [0.15, 0.2) is 23.1 Å². The lowest BCUT2D eigenvalue weighted by atomic mass is 9.82. The van der Waals surface area contributed by atoms with Gasteiger partial charge in [0, 0.05) is 37.0 Å². The molecule has 0 aromatic carbocycles. The van der Waals surface area contributed by atoms with Gasteiger partial charge in [-0.1, -0.05) is 19.3 Å². The van der Waals surface area contributed by atoms with E-state index < -0.39 is 0 Å². The van der Waals surface area contributed by atoms with E-state index in [0.29, 0.717) is 12.1 Å². The molecule has 0 spiro atoms. The van der Waals surface area contributed by atoms with Gasteiger partial charge in [-0.05, 0) is 18.9 Å². The number of carbonyl (C=O) groups is 1. The fourth-order valence-electron chi connectivity index (χ4n) is 2.48. The van der Waals surface area contributed by atoms with Crippen molar-refractivity contribution in [2.75, 3.05) is 6.54 Å². The fraction of sp³-hybridized carbons (Fsp3) is 0.571. The molecule has 3 N–H and O–H groups in total. The standard InChI is InChI=1S/C14H21N3O2.ClH/c1-17-8-5-11(9-12(17)18)13(19)16-10-14(15)6-3-2-4-7-14;/h5,8-9H,2-4,6-7,10,15H2,1H3,(H,16,19);1H. The number of amides is 1. The molecule has 20 heavy (non-hydrogen) atoms. The average Bonchev–Trinajstić information content (AvgIpc) is 2.40. The van der Waals surface area contributed by atoms with Crippen LogP contribution in [0.4, 0.5) is 0 Å². The highest BCUT2D eigenvalue weighted by molar-refractivity contribution is 5.94. The third-order valence-corrected chi connectivity index (χ3v) is 3.82. The number of halogens is 1. The van der Waals surface area contributed by atoms with Crippen LogP contribution in [-0.4, -0.2) is 22.6 Å². The van der Waals surface area contributed by atoms with E-state index in [1.807, 2.05) is 0 Å². The molecule has 0 bridgehead atoms. The Morgan fingerprint density at radius 1 is 1.40 bits per heavy atom. The van der Waals surface area contributed by atoms with Gasteiger partial charge in [0.15, 0.2) is 0 Å². The molecule has 6 heteroatoms. The SMILES string of the molecule is Cl.Cn1ccc(C(=O)NCC2(N)CCCCC2)cc1=O. The highest BCUT2D eigenvalue weighted by Gasteiger charge is 2.27. The zero-order chi connectivity index (χ0) is 13.9. The van der Waals surface area contributed by atoms with Crippen LogP contribution in [-0.2, 0) is 7.05 Å². The first-order valence-corrected chi connectivity index (χ1v) is 6.74. The molecule has 2 rings (SSSR count). The number of rotatable bonds is 3. The Morgan fingerprint density at radius 2 is 2.05 bits per heavy atom. The zero-order valence-corrected chi connectivity index (χ0v) is 12.5. The van der Waals surface area contributed by atoms with Gasteiger partial charge in [-0.15, -0.1) is 12.4 Å². The van der Waals surface area contributed by atoms with E-state index in [-0.39, 0.29) is 29.4 Å². The molecule has 1 heterocycles.